The maximum Gasteiger partial charge on any atom is 0.0388 e. The number of benzene rings is 1. The SMILES string of the molecule is Cc1cc(N2CCCN(C)CC2C)ccc1CBr. The van der Waals surface area contributed by atoms with Crippen molar-refractivity contribution in [3.05, 3.63) is 29.3 Å². The van der Waals surface area contributed by atoms with Crippen molar-refractivity contribution in [2.75, 3.05) is 31.6 Å². The number of hydrogen-bond acceptors (Lipinski definition) is 2. The molecule has 0 aromatic heterocycles. The summed E-state index contributed by atoms with van der Waals surface area (Å²) in [5, 5.41) is 0.942. The summed E-state index contributed by atoms with van der Waals surface area (Å²) in [5.41, 5.74) is 4.15. The molecule has 1 unspecified atom stereocenters. The maximum atomic E-state index is 3.54. The van der Waals surface area contributed by atoms with E-state index in [0.29, 0.717) is 6.04 Å². The van der Waals surface area contributed by atoms with Crippen LogP contribution in [0.5, 0.6) is 0 Å². The third kappa shape index (κ3) is 3.07. The predicted octanol–water partition coefficient (Wildman–Crippen LogP) is 3.42. The van der Waals surface area contributed by atoms with E-state index in [0.717, 1.165) is 11.9 Å². The van der Waals surface area contributed by atoms with E-state index in [1.54, 1.807) is 0 Å². The highest BCUT2D eigenvalue weighted by Gasteiger charge is 2.20. The summed E-state index contributed by atoms with van der Waals surface area (Å²) in [6, 6.07) is 7.44. The fourth-order valence-corrected chi connectivity index (χ4v) is 3.39. The molecule has 1 aliphatic rings. The molecule has 3 heteroatoms. The number of hydrogen-bond donors (Lipinski definition) is 0. The van der Waals surface area contributed by atoms with Crippen LogP contribution in [0.1, 0.15) is 24.5 Å². The Hall–Kier alpha value is -0.540. The van der Waals surface area contributed by atoms with Crippen LogP contribution in [0.3, 0.4) is 0 Å². The minimum absolute atomic E-state index is 0.590. The molecule has 1 saturated heterocycles. The average Bonchev–Trinajstić information content (AvgIpc) is 2.50. The van der Waals surface area contributed by atoms with Gasteiger partial charge in [0.25, 0.3) is 0 Å². The molecule has 1 fully saturated rings. The molecule has 100 valence electrons. The number of rotatable bonds is 2. The van der Waals surface area contributed by atoms with Crippen molar-refractivity contribution < 1.29 is 0 Å². The molecule has 1 atom stereocenters. The van der Waals surface area contributed by atoms with Gasteiger partial charge < -0.3 is 9.80 Å². The second kappa shape index (κ2) is 6.07. The molecule has 18 heavy (non-hydrogen) atoms. The molecule has 0 amide bonds. The summed E-state index contributed by atoms with van der Waals surface area (Å²) in [4.78, 5) is 4.99. The van der Waals surface area contributed by atoms with Gasteiger partial charge in [0.1, 0.15) is 0 Å². The smallest absolute Gasteiger partial charge is 0.0388 e. The highest BCUT2D eigenvalue weighted by atomic mass is 79.9. The first-order valence-corrected chi connectivity index (χ1v) is 7.84. The number of alkyl halides is 1. The van der Waals surface area contributed by atoms with Crippen LogP contribution in [0.15, 0.2) is 18.2 Å². The first-order chi connectivity index (χ1) is 8.61. The lowest BCUT2D eigenvalue weighted by Gasteiger charge is -2.30. The van der Waals surface area contributed by atoms with E-state index in [1.165, 1.54) is 36.3 Å². The third-order valence-electron chi connectivity index (χ3n) is 3.85. The molecule has 0 spiro atoms. The summed E-state index contributed by atoms with van der Waals surface area (Å²) >= 11 is 3.54. The van der Waals surface area contributed by atoms with Crippen LogP contribution in [-0.4, -0.2) is 37.6 Å². The minimum atomic E-state index is 0.590. The second-order valence-electron chi connectivity index (χ2n) is 5.40. The van der Waals surface area contributed by atoms with Crippen molar-refractivity contribution in [2.24, 2.45) is 0 Å². The molecule has 2 rings (SSSR count). The Kier molecular flexibility index (Phi) is 4.68. The summed E-state index contributed by atoms with van der Waals surface area (Å²) < 4.78 is 0. The zero-order valence-electron chi connectivity index (χ0n) is 11.6. The van der Waals surface area contributed by atoms with Gasteiger partial charge in [-0.15, -0.1) is 0 Å². The topological polar surface area (TPSA) is 6.48 Å². The van der Waals surface area contributed by atoms with Crippen LogP contribution in [0.25, 0.3) is 0 Å². The molecular weight excluding hydrogens is 288 g/mol. The van der Waals surface area contributed by atoms with Crippen molar-refractivity contribution in [1.82, 2.24) is 4.90 Å². The molecule has 1 aliphatic heterocycles. The van der Waals surface area contributed by atoms with Gasteiger partial charge in [-0.05, 0) is 57.1 Å². The van der Waals surface area contributed by atoms with Crippen LogP contribution in [0, 0.1) is 6.92 Å². The van der Waals surface area contributed by atoms with Gasteiger partial charge >= 0.3 is 0 Å². The first kappa shape index (κ1) is 13.9. The molecular formula is C15H23BrN2. The lowest BCUT2D eigenvalue weighted by Crippen LogP contribution is -2.37. The van der Waals surface area contributed by atoms with Gasteiger partial charge in [-0.2, -0.15) is 0 Å². The summed E-state index contributed by atoms with van der Waals surface area (Å²) in [5.74, 6) is 0. The van der Waals surface area contributed by atoms with Crippen molar-refractivity contribution in [2.45, 2.75) is 31.6 Å². The summed E-state index contributed by atoms with van der Waals surface area (Å²) in [7, 11) is 2.22. The Bertz CT molecular complexity index is 405. The number of halogens is 1. The van der Waals surface area contributed by atoms with Gasteiger partial charge in [0.15, 0.2) is 0 Å². The highest BCUT2D eigenvalue weighted by Crippen LogP contribution is 2.24. The largest absolute Gasteiger partial charge is 0.367 e. The van der Waals surface area contributed by atoms with Crippen molar-refractivity contribution in [3.63, 3.8) is 0 Å². The second-order valence-corrected chi connectivity index (χ2v) is 5.96. The lowest BCUT2D eigenvalue weighted by atomic mass is 10.1. The van der Waals surface area contributed by atoms with Crippen molar-refractivity contribution >= 4 is 21.6 Å². The first-order valence-electron chi connectivity index (χ1n) is 6.72. The van der Waals surface area contributed by atoms with E-state index >= 15 is 0 Å². The number of aryl methyl sites for hydroxylation is 1. The fourth-order valence-electron chi connectivity index (χ4n) is 2.76. The zero-order valence-corrected chi connectivity index (χ0v) is 13.2. The minimum Gasteiger partial charge on any atom is -0.367 e. The highest BCUT2D eigenvalue weighted by molar-refractivity contribution is 9.08. The molecule has 1 heterocycles. The van der Waals surface area contributed by atoms with Crippen LogP contribution >= 0.6 is 15.9 Å². The van der Waals surface area contributed by atoms with Gasteiger partial charge in [-0.1, -0.05) is 22.0 Å². The number of likely N-dealkylation sites (N-methyl/N-ethyl adjacent to an activating group) is 1. The Morgan fingerprint density at radius 3 is 2.78 bits per heavy atom. The molecule has 2 nitrogen and oxygen atoms in total. The average molecular weight is 311 g/mol. The summed E-state index contributed by atoms with van der Waals surface area (Å²) in [6.07, 6.45) is 1.25. The van der Waals surface area contributed by atoms with Crippen molar-refractivity contribution in [1.29, 1.82) is 0 Å². The molecule has 0 aliphatic carbocycles. The van der Waals surface area contributed by atoms with E-state index in [1.807, 2.05) is 0 Å². The van der Waals surface area contributed by atoms with Crippen LogP contribution in [0.4, 0.5) is 5.69 Å². The Labute approximate surface area is 119 Å². The Morgan fingerprint density at radius 2 is 2.11 bits per heavy atom. The van der Waals surface area contributed by atoms with Crippen LogP contribution in [-0.2, 0) is 5.33 Å². The molecule has 1 aromatic rings. The molecule has 0 saturated carbocycles. The van der Waals surface area contributed by atoms with E-state index in [9.17, 15) is 0 Å². The van der Waals surface area contributed by atoms with E-state index < -0.39 is 0 Å². The predicted molar refractivity (Wildman–Crippen MR) is 82.7 cm³/mol. The third-order valence-corrected chi connectivity index (χ3v) is 4.45. The van der Waals surface area contributed by atoms with Gasteiger partial charge in [-0.3, -0.25) is 0 Å². The van der Waals surface area contributed by atoms with Crippen LogP contribution < -0.4 is 4.90 Å². The zero-order chi connectivity index (χ0) is 13.1. The molecule has 0 radical (unpaired) electrons. The fraction of sp³-hybridized carbons (Fsp3) is 0.600. The van der Waals surface area contributed by atoms with Crippen LogP contribution in [0.2, 0.25) is 0 Å². The Morgan fingerprint density at radius 1 is 1.33 bits per heavy atom. The van der Waals surface area contributed by atoms with Gasteiger partial charge in [0.05, 0.1) is 0 Å². The molecule has 1 aromatic carbocycles. The lowest BCUT2D eigenvalue weighted by molar-refractivity contribution is 0.337. The standard InChI is InChI=1S/C15H23BrN2/c1-12-9-15(6-5-14(12)10-16)18-8-4-7-17(3)11-13(18)2/h5-6,9,13H,4,7-8,10-11H2,1-3H3. The van der Waals surface area contributed by atoms with Gasteiger partial charge in [-0.25, -0.2) is 0 Å². The number of nitrogens with zero attached hydrogens (tertiary/aromatic N) is 2. The van der Waals surface area contributed by atoms with E-state index in [4.69, 9.17) is 0 Å². The van der Waals surface area contributed by atoms with Gasteiger partial charge in [0, 0.05) is 30.1 Å². The molecule has 0 bridgehead atoms. The quantitative estimate of drug-likeness (QED) is 0.772. The maximum absolute atomic E-state index is 3.54. The number of anilines is 1. The normalized spacial score (nSPS) is 22.0. The van der Waals surface area contributed by atoms with Gasteiger partial charge in [0.2, 0.25) is 0 Å². The van der Waals surface area contributed by atoms with Crippen molar-refractivity contribution in [3.8, 4) is 0 Å². The molecule has 0 N–H and O–H groups in total. The van der Waals surface area contributed by atoms with E-state index in [2.05, 4.69) is 64.8 Å². The summed E-state index contributed by atoms with van der Waals surface area (Å²) in [6.45, 7) is 8.06. The Balaban J connectivity index is 2.21. The monoisotopic (exact) mass is 310 g/mol. The van der Waals surface area contributed by atoms with E-state index in [-0.39, 0.29) is 0 Å².